The van der Waals surface area contributed by atoms with Crippen LogP contribution in [0.15, 0.2) is 224 Å². The van der Waals surface area contributed by atoms with E-state index in [1.54, 1.807) is 31.4 Å². The van der Waals surface area contributed by atoms with Gasteiger partial charge in [0.25, 0.3) is 0 Å². The van der Waals surface area contributed by atoms with Crippen LogP contribution >= 0.6 is 0 Å². The number of rotatable bonds is 26. The van der Waals surface area contributed by atoms with Crippen LogP contribution in [0.1, 0.15) is 72.5 Å². The van der Waals surface area contributed by atoms with E-state index in [2.05, 4.69) is 0 Å². The van der Waals surface area contributed by atoms with Crippen molar-refractivity contribution in [1.82, 2.24) is 0 Å². The molecule has 75 heavy (non-hydrogen) atoms. The third-order valence-corrected chi connectivity index (χ3v) is 12.5. The van der Waals surface area contributed by atoms with E-state index >= 15 is 0 Å². The van der Waals surface area contributed by atoms with Crippen LogP contribution < -0.4 is 33.2 Å². The molecule has 0 aromatic heterocycles. The molecule has 9 nitrogen and oxygen atoms in total. The molecule has 0 radical (unpaired) electrons. The molecular formula is C66H58O9. The molecule has 0 N–H and O–H groups in total. The molecule has 0 spiro atoms. The quantitative estimate of drug-likeness (QED) is 0.0491. The number of methoxy groups -OCH3 is 1. The van der Waals surface area contributed by atoms with Crippen molar-refractivity contribution in [2.45, 2.75) is 58.7 Å². The summed E-state index contributed by atoms with van der Waals surface area (Å²) >= 11 is 0. The van der Waals surface area contributed by atoms with Crippen LogP contribution in [-0.2, 0) is 45.9 Å². The van der Waals surface area contributed by atoms with Gasteiger partial charge in [0.2, 0.25) is 0 Å². The Bertz CT molecular complexity index is 3250. The van der Waals surface area contributed by atoms with Gasteiger partial charge < -0.3 is 33.2 Å². The molecule has 9 heteroatoms. The third kappa shape index (κ3) is 14.8. The number of carbonyl (C=O) groups excluding carboxylic acids is 2. The normalized spacial score (nSPS) is 10.8. The van der Waals surface area contributed by atoms with Crippen LogP contribution in [-0.4, -0.2) is 18.7 Å². The predicted octanol–water partition coefficient (Wildman–Crippen LogP) is 15.0. The molecule has 0 saturated heterocycles. The Hall–Kier alpha value is -9.08. The number of aryl methyl sites for hydroxylation is 2. The zero-order valence-electron chi connectivity index (χ0n) is 41.9. The molecule has 0 atom stereocenters. The SMILES string of the molecule is COc1cc(CCC(=O)c2ccc(OCc3ccccc3)cc2OCc2ccccc2)ccc1Oc1cc(CCC(=O)c2ccc(OCc3ccccc3)cc2OCc2ccccc2)ccc1OCc1ccccc1. The fourth-order valence-corrected chi connectivity index (χ4v) is 8.33. The van der Waals surface area contributed by atoms with E-state index in [4.69, 9.17) is 33.2 Å². The number of carbonyl (C=O) groups is 2. The first-order chi connectivity index (χ1) is 36.9. The van der Waals surface area contributed by atoms with Crippen molar-refractivity contribution in [1.29, 1.82) is 0 Å². The van der Waals surface area contributed by atoms with Crippen molar-refractivity contribution in [2.24, 2.45) is 0 Å². The summed E-state index contributed by atoms with van der Waals surface area (Å²) in [4.78, 5) is 28.1. The Labute approximate surface area is 438 Å². The van der Waals surface area contributed by atoms with Gasteiger partial charge in [-0.3, -0.25) is 9.59 Å². The van der Waals surface area contributed by atoms with Gasteiger partial charge in [0.05, 0.1) is 18.2 Å². The van der Waals surface area contributed by atoms with Crippen LogP contribution in [0.5, 0.6) is 46.0 Å². The fraction of sp³-hybridized carbons (Fsp3) is 0.152. The molecule has 0 unspecified atom stereocenters. The molecule has 0 fully saturated rings. The number of ether oxygens (including phenoxy) is 7. The second-order valence-corrected chi connectivity index (χ2v) is 17.9. The zero-order chi connectivity index (χ0) is 51.4. The second-order valence-electron chi connectivity index (χ2n) is 17.9. The molecule has 0 aliphatic carbocycles. The van der Waals surface area contributed by atoms with Crippen molar-refractivity contribution in [3.05, 3.63) is 275 Å². The van der Waals surface area contributed by atoms with Gasteiger partial charge in [0.1, 0.15) is 56.0 Å². The van der Waals surface area contributed by atoms with Gasteiger partial charge in [0, 0.05) is 25.0 Å². The lowest BCUT2D eigenvalue weighted by atomic mass is 10.0. The largest absolute Gasteiger partial charge is 0.493 e. The van der Waals surface area contributed by atoms with Gasteiger partial charge in [0.15, 0.2) is 34.6 Å². The lowest BCUT2D eigenvalue weighted by Gasteiger charge is -2.17. The third-order valence-electron chi connectivity index (χ3n) is 12.5. The monoisotopic (exact) mass is 994 g/mol. The van der Waals surface area contributed by atoms with E-state index in [9.17, 15) is 9.59 Å². The van der Waals surface area contributed by atoms with Gasteiger partial charge in [-0.15, -0.1) is 0 Å². The molecular weight excluding hydrogens is 937 g/mol. The standard InChI is InChI=1S/C66H58O9/c1-69-65-39-48(27-35-59(67)57-33-31-55(70-43-50-17-7-2-8-18-50)41-63(57)73-46-53-23-13-5-14-24-53)30-38-62(65)75-66-40-49(29-37-61(66)72-45-52-21-11-4-12-22-52)28-36-60(68)58-34-32-56(71-44-51-19-9-3-10-20-51)42-64(58)74-47-54-25-15-6-16-26-54/h2-26,29-34,37-42H,27-28,35-36,43-47H2,1H3. The number of hydrogen-bond acceptors (Lipinski definition) is 9. The van der Waals surface area contributed by atoms with Crippen molar-refractivity contribution in [3.8, 4) is 46.0 Å². The number of ketones is 2. The predicted molar refractivity (Wildman–Crippen MR) is 292 cm³/mol. The smallest absolute Gasteiger partial charge is 0.169 e. The van der Waals surface area contributed by atoms with Crippen molar-refractivity contribution < 1.29 is 42.7 Å². The van der Waals surface area contributed by atoms with Gasteiger partial charge in [-0.2, -0.15) is 0 Å². The van der Waals surface area contributed by atoms with E-state index in [-0.39, 0.29) is 24.4 Å². The van der Waals surface area contributed by atoms with E-state index < -0.39 is 0 Å². The second kappa shape index (κ2) is 26.0. The summed E-state index contributed by atoms with van der Waals surface area (Å²) in [6.07, 6.45) is 1.29. The maximum Gasteiger partial charge on any atom is 0.169 e. The first-order valence-corrected chi connectivity index (χ1v) is 25.1. The zero-order valence-corrected chi connectivity index (χ0v) is 41.9. The minimum Gasteiger partial charge on any atom is -0.493 e. The number of Topliss-reactive ketones (excluding diaryl/α,β-unsaturated/α-hetero) is 2. The summed E-state index contributed by atoms with van der Waals surface area (Å²) < 4.78 is 43.7. The average Bonchev–Trinajstić information content (AvgIpc) is 3.47. The van der Waals surface area contributed by atoms with Crippen LogP contribution in [0.2, 0.25) is 0 Å². The first kappa shape index (κ1) is 50.8. The molecule has 9 rings (SSSR count). The van der Waals surface area contributed by atoms with Gasteiger partial charge in [-0.1, -0.05) is 164 Å². The minimum absolute atomic E-state index is 0.0664. The highest BCUT2D eigenvalue weighted by molar-refractivity contribution is 5.99. The molecule has 9 aromatic rings. The molecule has 0 aliphatic rings. The van der Waals surface area contributed by atoms with Crippen molar-refractivity contribution in [3.63, 3.8) is 0 Å². The van der Waals surface area contributed by atoms with Gasteiger partial charge in [-0.25, -0.2) is 0 Å². The van der Waals surface area contributed by atoms with E-state index in [1.165, 1.54) is 0 Å². The highest BCUT2D eigenvalue weighted by atomic mass is 16.5. The van der Waals surface area contributed by atoms with Gasteiger partial charge in [-0.05, 0) is 100 Å². The molecule has 376 valence electrons. The van der Waals surface area contributed by atoms with E-state index in [0.717, 1.165) is 38.9 Å². The van der Waals surface area contributed by atoms with Crippen LogP contribution in [0, 0.1) is 0 Å². The highest BCUT2D eigenvalue weighted by Gasteiger charge is 2.19. The molecule has 0 saturated carbocycles. The Kier molecular flexibility index (Phi) is 17.7. The van der Waals surface area contributed by atoms with Crippen molar-refractivity contribution in [2.75, 3.05) is 7.11 Å². The Morgan fingerprint density at radius 3 is 1.04 bits per heavy atom. The lowest BCUT2D eigenvalue weighted by molar-refractivity contribution is 0.0970. The van der Waals surface area contributed by atoms with E-state index in [1.807, 2.05) is 200 Å². The summed E-state index contributed by atoms with van der Waals surface area (Å²) in [5, 5.41) is 0. The van der Waals surface area contributed by atoms with Crippen LogP contribution in [0.4, 0.5) is 0 Å². The average molecular weight is 995 g/mol. The molecule has 0 amide bonds. The summed E-state index contributed by atoms with van der Waals surface area (Å²) in [5.41, 5.74) is 7.75. The van der Waals surface area contributed by atoms with Crippen LogP contribution in [0.3, 0.4) is 0 Å². The lowest BCUT2D eigenvalue weighted by Crippen LogP contribution is -2.07. The Morgan fingerprint density at radius 1 is 0.307 bits per heavy atom. The summed E-state index contributed by atoms with van der Waals surface area (Å²) in [6.45, 7) is 1.68. The molecule has 0 heterocycles. The molecule has 0 aliphatic heterocycles. The first-order valence-electron chi connectivity index (χ1n) is 25.1. The maximum absolute atomic E-state index is 14.1. The van der Waals surface area contributed by atoms with Crippen LogP contribution in [0.25, 0.3) is 0 Å². The summed E-state index contributed by atoms with van der Waals surface area (Å²) in [7, 11) is 1.59. The fourth-order valence-electron chi connectivity index (χ4n) is 8.33. The Morgan fingerprint density at radius 2 is 0.653 bits per heavy atom. The minimum atomic E-state index is -0.0731. The van der Waals surface area contributed by atoms with Crippen molar-refractivity contribution >= 4 is 11.6 Å². The summed E-state index contributed by atoms with van der Waals surface area (Å²) in [6, 6.07) is 71.6. The molecule has 9 aromatic carbocycles. The maximum atomic E-state index is 14.1. The summed E-state index contributed by atoms with van der Waals surface area (Å²) in [5.74, 6) is 3.93. The topological polar surface area (TPSA) is 98.8 Å². The van der Waals surface area contributed by atoms with Gasteiger partial charge >= 0.3 is 0 Å². The number of hydrogen-bond donors (Lipinski definition) is 0. The molecule has 0 bridgehead atoms. The van der Waals surface area contributed by atoms with E-state index in [0.29, 0.717) is 103 Å². The Balaban J connectivity index is 0.894. The number of benzene rings is 9. The highest BCUT2D eigenvalue weighted by Crippen LogP contribution is 2.39.